The van der Waals surface area contributed by atoms with Gasteiger partial charge in [-0.2, -0.15) is 18.3 Å². The second-order valence-electron chi connectivity index (χ2n) is 16.5. The molecule has 3 aromatic rings. The fraction of sp³-hybridized carbons (Fsp3) is 0.605. The normalized spacial score (nSPS) is 19.3. The van der Waals surface area contributed by atoms with Crippen molar-refractivity contribution in [2.75, 3.05) is 48.3 Å². The van der Waals surface area contributed by atoms with Gasteiger partial charge < -0.3 is 29.3 Å². The molecule has 0 aliphatic carbocycles. The third-order valence-corrected chi connectivity index (χ3v) is 10.6. The molecule has 3 aliphatic rings. The fourth-order valence-corrected chi connectivity index (χ4v) is 8.05. The van der Waals surface area contributed by atoms with Gasteiger partial charge >= 0.3 is 18.4 Å². The topological polar surface area (TPSA) is 140 Å². The first-order valence-corrected chi connectivity index (χ1v) is 19.6. The highest BCUT2D eigenvalue weighted by Gasteiger charge is 2.41. The highest BCUT2D eigenvalue weighted by Crippen LogP contribution is 2.43. The maximum absolute atomic E-state index is 13.8. The lowest BCUT2D eigenvalue weighted by Crippen LogP contribution is -2.52. The van der Waals surface area contributed by atoms with Gasteiger partial charge in [-0.1, -0.05) is 0 Å². The molecule has 5 heterocycles. The number of anilines is 3. The zero-order chi connectivity index (χ0) is 39.8. The number of alkyl halides is 3. The molecule has 13 nitrogen and oxygen atoms in total. The van der Waals surface area contributed by atoms with Crippen molar-refractivity contribution in [3.05, 3.63) is 41.0 Å². The van der Waals surface area contributed by atoms with E-state index in [-0.39, 0.29) is 27.9 Å². The molecule has 1 spiro atoms. The monoisotopic (exact) mass is 789 g/mol. The number of aromatic nitrogens is 3. The van der Waals surface area contributed by atoms with E-state index in [9.17, 15) is 27.6 Å². The summed E-state index contributed by atoms with van der Waals surface area (Å²) in [5, 5.41) is 11.2. The van der Waals surface area contributed by atoms with Gasteiger partial charge in [0.05, 0.1) is 11.4 Å². The molecular weight excluding hydrogens is 740 g/mol. The summed E-state index contributed by atoms with van der Waals surface area (Å²) in [4.78, 5) is 47.9. The van der Waals surface area contributed by atoms with Crippen LogP contribution >= 0.6 is 11.3 Å². The molecule has 3 saturated heterocycles. The SMILES string of the molecule is CC(C)(C)OC(=O)Nc1ccc(N2CCC3(CCCN(C(=O)OC(C)(C)C)C3)CC2)c(NC(=O)c2csc(-c3cc(C(F)(F)F)nn3C3CCCCO3)n2)c1. The Balaban J connectivity index is 1.23. The van der Waals surface area contributed by atoms with Crippen molar-refractivity contribution in [3.8, 4) is 10.7 Å². The third-order valence-electron chi connectivity index (χ3n) is 9.78. The van der Waals surface area contributed by atoms with E-state index < -0.39 is 41.3 Å². The molecule has 3 aliphatic heterocycles. The third kappa shape index (κ3) is 10.1. The summed E-state index contributed by atoms with van der Waals surface area (Å²) in [7, 11) is 0. The number of halogens is 3. The van der Waals surface area contributed by atoms with E-state index in [0.29, 0.717) is 50.6 Å². The molecule has 3 fully saturated rings. The number of likely N-dealkylation sites (tertiary alicyclic amines) is 1. The van der Waals surface area contributed by atoms with Crippen LogP contribution in [0.5, 0.6) is 0 Å². The van der Waals surface area contributed by atoms with Gasteiger partial charge in [-0.3, -0.25) is 10.1 Å². The summed E-state index contributed by atoms with van der Waals surface area (Å²) in [5.41, 5.74) is -0.816. The van der Waals surface area contributed by atoms with Crippen molar-refractivity contribution in [1.82, 2.24) is 19.7 Å². The second-order valence-corrected chi connectivity index (χ2v) is 17.4. The molecule has 2 N–H and O–H groups in total. The van der Waals surface area contributed by atoms with E-state index in [4.69, 9.17) is 14.2 Å². The van der Waals surface area contributed by atoms with E-state index >= 15 is 0 Å². The Morgan fingerprint density at radius 1 is 0.927 bits per heavy atom. The van der Waals surface area contributed by atoms with Crippen LogP contribution in [0.25, 0.3) is 10.7 Å². The van der Waals surface area contributed by atoms with Gasteiger partial charge in [0.2, 0.25) is 0 Å². The Bertz CT molecular complexity index is 1870. The Morgan fingerprint density at radius 2 is 1.65 bits per heavy atom. The molecule has 0 bridgehead atoms. The van der Waals surface area contributed by atoms with Crippen molar-refractivity contribution in [1.29, 1.82) is 0 Å². The number of amides is 3. The number of piperidine rings is 2. The first-order valence-electron chi connectivity index (χ1n) is 18.7. The van der Waals surface area contributed by atoms with E-state index in [0.717, 1.165) is 61.6 Å². The largest absolute Gasteiger partial charge is 0.444 e. The summed E-state index contributed by atoms with van der Waals surface area (Å²) in [5.74, 6) is -0.581. The zero-order valence-corrected chi connectivity index (χ0v) is 33.0. The molecular formula is C38H50F3N7O6S. The standard InChI is InChI=1S/C38H50F3N7O6S/c1-35(2,3)53-33(50)42-24-11-12-27(46-17-14-37(15-18-46)13-9-16-47(23-37)34(51)54-36(4,5)6)25(20-24)43-31(49)26-22-55-32(44-26)28-21-29(38(39,40)41)45-48(28)30-10-7-8-19-52-30/h11-12,20-22,30H,7-10,13-19,23H2,1-6H3,(H,42,50)(H,43,49). The van der Waals surface area contributed by atoms with Crippen LogP contribution in [0, 0.1) is 5.41 Å². The molecule has 300 valence electrons. The smallest absolute Gasteiger partial charge is 0.435 e. The van der Waals surface area contributed by atoms with Crippen LogP contribution in [0.2, 0.25) is 0 Å². The Hall–Kier alpha value is -4.38. The average Bonchev–Trinajstić information content (AvgIpc) is 3.77. The van der Waals surface area contributed by atoms with Crippen LogP contribution in [0.1, 0.15) is 109 Å². The highest BCUT2D eigenvalue weighted by molar-refractivity contribution is 7.13. The number of nitrogens with zero attached hydrogens (tertiary/aromatic N) is 5. The minimum atomic E-state index is -4.68. The number of benzene rings is 1. The van der Waals surface area contributed by atoms with Gasteiger partial charge in [0.25, 0.3) is 5.91 Å². The first-order chi connectivity index (χ1) is 25.8. The number of carbonyl (C=O) groups is 3. The number of thiazole rings is 1. The Kier molecular flexibility index (Phi) is 11.5. The Labute approximate surface area is 322 Å². The van der Waals surface area contributed by atoms with Crippen LogP contribution in [0.3, 0.4) is 0 Å². The summed E-state index contributed by atoms with van der Waals surface area (Å²) in [6.45, 7) is 13.8. The van der Waals surface area contributed by atoms with Crippen LogP contribution in [-0.4, -0.2) is 81.7 Å². The van der Waals surface area contributed by atoms with Crippen molar-refractivity contribution in [2.24, 2.45) is 5.41 Å². The average molecular weight is 790 g/mol. The van der Waals surface area contributed by atoms with E-state index in [1.54, 1.807) is 32.9 Å². The molecule has 0 radical (unpaired) electrons. The summed E-state index contributed by atoms with van der Waals surface area (Å²) < 4.78 is 59.4. The lowest BCUT2D eigenvalue weighted by Gasteiger charge is -2.48. The number of carbonyl (C=O) groups excluding carboxylic acids is 3. The molecule has 3 amide bonds. The van der Waals surface area contributed by atoms with Crippen molar-refractivity contribution >= 4 is 46.5 Å². The van der Waals surface area contributed by atoms with E-state index in [1.807, 2.05) is 31.7 Å². The molecule has 1 atom stereocenters. The van der Waals surface area contributed by atoms with Gasteiger partial charge in [-0.05, 0) is 116 Å². The predicted molar refractivity (Wildman–Crippen MR) is 202 cm³/mol. The van der Waals surface area contributed by atoms with Crippen molar-refractivity contribution in [2.45, 2.75) is 110 Å². The van der Waals surface area contributed by atoms with Crippen LogP contribution in [-0.2, 0) is 20.4 Å². The highest BCUT2D eigenvalue weighted by atomic mass is 32.1. The summed E-state index contributed by atoms with van der Waals surface area (Å²) in [6, 6.07) is 6.13. The molecule has 1 aromatic carbocycles. The van der Waals surface area contributed by atoms with Crippen LogP contribution in [0.4, 0.5) is 39.8 Å². The minimum Gasteiger partial charge on any atom is -0.444 e. The lowest BCUT2D eigenvalue weighted by molar-refractivity contribution is -0.142. The molecule has 2 aromatic heterocycles. The molecule has 55 heavy (non-hydrogen) atoms. The maximum atomic E-state index is 13.8. The molecule has 1 unspecified atom stereocenters. The van der Waals surface area contributed by atoms with Gasteiger partial charge in [0.15, 0.2) is 11.9 Å². The zero-order valence-electron chi connectivity index (χ0n) is 32.2. The Morgan fingerprint density at radius 3 is 2.31 bits per heavy atom. The van der Waals surface area contributed by atoms with Gasteiger partial charge in [-0.15, -0.1) is 11.3 Å². The minimum absolute atomic E-state index is 0.00404. The second kappa shape index (κ2) is 15.6. The first kappa shape index (κ1) is 40.3. The van der Waals surface area contributed by atoms with Crippen LogP contribution in [0.15, 0.2) is 29.6 Å². The maximum Gasteiger partial charge on any atom is 0.435 e. The number of rotatable bonds is 6. The summed E-state index contributed by atoms with van der Waals surface area (Å²) in [6.07, 6.45) is -0.735. The molecule has 0 saturated carbocycles. The number of nitrogens with one attached hydrogen (secondary N) is 2. The summed E-state index contributed by atoms with van der Waals surface area (Å²) >= 11 is 1.03. The van der Waals surface area contributed by atoms with E-state index in [1.165, 1.54) is 10.1 Å². The van der Waals surface area contributed by atoms with Crippen molar-refractivity contribution < 1.29 is 41.8 Å². The quantitative estimate of drug-likeness (QED) is 0.251. The molecule has 17 heteroatoms. The van der Waals surface area contributed by atoms with E-state index in [2.05, 4.69) is 25.6 Å². The predicted octanol–water partition coefficient (Wildman–Crippen LogP) is 8.94. The van der Waals surface area contributed by atoms with Gasteiger partial charge in [-0.25, -0.2) is 19.3 Å². The fourth-order valence-electron chi connectivity index (χ4n) is 7.24. The van der Waals surface area contributed by atoms with Gasteiger partial charge in [0.1, 0.15) is 27.6 Å². The molecule has 6 rings (SSSR count). The van der Waals surface area contributed by atoms with Crippen LogP contribution < -0.4 is 15.5 Å². The lowest BCUT2D eigenvalue weighted by atomic mass is 9.72. The van der Waals surface area contributed by atoms with Crippen molar-refractivity contribution in [3.63, 3.8) is 0 Å². The number of hydrogen-bond donors (Lipinski definition) is 2. The number of ether oxygens (including phenoxy) is 3. The van der Waals surface area contributed by atoms with Gasteiger partial charge in [0, 0.05) is 43.9 Å². The number of hydrogen-bond acceptors (Lipinski definition) is 10.